The normalized spacial score (nSPS) is 31.4. The second-order valence-corrected chi connectivity index (χ2v) is 28.7. The molecule has 20 heteroatoms. The van der Waals surface area contributed by atoms with Gasteiger partial charge in [-0.25, -0.2) is 19.3 Å². The zero-order chi connectivity index (χ0) is 44.2. The van der Waals surface area contributed by atoms with Crippen molar-refractivity contribution in [3.05, 3.63) is 68.5 Å². The summed E-state index contributed by atoms with van der Waals surface area (Å²) < 4.78 is 54.6. The van der Waals surface area contributed by atoms with Crippen molar-refractivity contribution < 1.29 is 37.3 Å². The van der Waals surface area contributed by atoms with Crippen LogP contribution in [-0.4, -0.2) is 126 Å². The molecule has 0 amide bonds. The molecule has 0 radical (unpaired) electrons. The second-order valence-electron chi connectivity index (χ2n) is 19.2. The monoisotopic (exact) mass is 875 g/mol. The highest BCUT2D eigenvalue weighted by molar-refractivity contribution is 6.74. The minimum atomic E-state index is -2.14. The molecule has 3 aromatic heterocycles. The van der Waals surface area contributed by atoms with Gasteiger partial charge in [0.1, 0.15) is 60.5 Å². The first-order valence-corrected chi connectivity index (χ1v) is 26.6. The average Bonchev–Trinajstić information content (AvgIpc) is 3.97. The maximum Gasteiger partial charge on any atom is 0.351 e. The Kier molecular flexibility index (Phi) is 13.0. The predicted octanol–water partition coefficient (Wildman–Crippen LogP) is 4.32. The Bertz CT molecular complexity index is 2130. The van der Waals surface area contributed by atoms with E-state index < -0.39 is 69.4 Å². The maximum absolute atomic E-state index is 12.9. The van der Waals surface area contributed by atoms with Gasteiger partial charge >= 0.3 is 11.4 Å². The van der Waals surface area contributed by atoms with Gasteiger partial charge in [-0.1, -0.05) is 55.4 Å². The van der Waals surface area contributed by atoms with Gasteiger partial charge in [0, 0.05) is 32.7 Å². The summed E-state index contributed by atoms with van der Waals surface area (Å²) in [5.74, 6) is 0.393. The predicted molar refractivity (Wildman–Crippen MR) is 226 cm³/mol. The minimum Gasteiger partial charge on any atom is -0.408 e. The van der Waals surface area contributed by atoms with Gasteiger partial charge in [-0.3, -0.25) is 18.9 Å². The highest BCUT2D eigenvalue weighted by Crippen LogP contribution is 2.55. The fourth-order valence-corrected chi connectivity index (χ4v) is 10.7. The molecule has 0 spiro atoms. The third-order valence-corrected chi connectivity index (χ3v) is 22.5. The Hall–Kier alpha value is -3.19. The average molecular weight is 876 g/mol. The molecule has 4 saturated heterocycles. The number of nitrogens with one attached hydrogen (secondary N) is 1. The summed E-state index contributed by atoms with van der Waals surface area (Å²) in [5, 5.41) is 4.07. The first-order valence-electron chi connectivity index (χ1n) is 20.8. The number of methoxy groups -OCH3 is 2. The van der Waals surface area contributed by atoms with Crippen molar-refractivity contribution in [1.82, 2.24) is 33.9 Å². The number of hydrogen-bond donors (Lipinski definition) is 1. The minimum absolute atomic E-state index is 0.0189. The molecule has 0 aliphatic carbocycles. The van der Waals surface area contributed by atoms with Crippen LogP contribution in [0, 0.1) is 0 Å². The molecule has 0 saturated carbocycles. The molecular formula is C40H65N7O11Si2. The van der Waals surface area contributed by atoms with Crippen LogP contribution in [0.25, 0.3) is 5.82 Å². The highest BCUT2D eigenvalue weighted by atomic mass is 28.4. The van der Waals surface area contributed by atoms with Crippen LogP contribution < -0.4 is 16.9 Å². The molecule has 4 aliphatic rings. The Morgan fingerprint density at radius 3 is 1.65 bits per heavy atom. The molecule has 3 aromatic rings. The van der Waals surface area contributed by atoms with Crippen molar-refractivity contribution in [3.8, 4) is 5.82 Å². The van der Waals surface area contributed by atoms with Crippen LogP contribution >= 0.6 is 0 Å². The largest absolute Gasteiger partial charge is 0.408 e. The van der Waals surface area contributed by atoms with Crippen molar-refractivity contribution in [3.63, 3.8) is 0 Å². The summed E-state index contributed by atoms with van der Waals surface area (Å²) in [7, 11) is -0.988. The summed E-state index contributed by atoms with van der Waals surface area (Å²) in [6, 6.07) is 3.02. The van der Waals surface area contributed by atoms with Crippen molar-refractivity contribution in [2.75, 3.05) is 27.4 Å². The number of aromatic amines is 1. The van der Waals surface area contributed by atoms with E-state index in [4.69, 9.17) is 37.3 Å². The van der Waals surface area contributed by atoms with Gasteiger partial charge in [-0.2, -0.15) is 10.1 Å². The molecule has 334 valence electrons. The molecule has 0 unspecified atom stereocenters. The lowest BCUT2D eigenvalue weighted by molar-refractivity contribution is -0.223. The van der Waals surface area contributed by atoms with E-state index in [9.17, 15) is 14.4 Å². The van der Waals surface area contributed by atoms with Crippen molar-refractivity contribution in [2.24, 2.45) is 0 Å². The van der Waals surface area contributed by atoms with Gasteiger partial charge in [0.05, 0.1) is 13.2 Å². The maximum atomic E-state index is 12.9. The van der Waals surface area contributed by atoms with E-state index in [1.165, 1.54) is 38.7 Å². The molecular weight excluding hydrogens is 811 g/mol. The SMILES string of the molecule is CC[C@]12O[C@@H](n3ccc(-n4cncn4)nc3=O)[C@H](O[C@H]1COC)[C@@H]2O[Si](C)(C)C(C)(C)C.CC[C@]12O[C@@H](n3ccc(=O)[nH]c3=O)[C@H](O[C@H]1COC)[C@@H]2O[Si](C)(C)C(C)(C)C. The zero-order valence-electron chi connectivity index (χ0n) is 37.6. The van der Waals surface area contributed by atoms with Crippen molar-refractivity contribution in [2.45, 2.75) is 165 Å². The lowest BCUT2D eigenvalue weighted by atomic mass is 9.90. The van der Waals surface area contributed by atoms with Gasteiger partial charge in [0.25, 0.3) is 5.56 Å². The Morgan fingerprint density at radius 2 is 1.25 bits per heavy atom. The fraction of sp³-hybridized carbons (Fsp3) is 0.750. The second kappa shape index (κ2) is 16.8. The van der Waals surface area contributed by atoms with E-state index in [1.807, 2.05) is 6.92 Å². The molecule has 18 nitrogen and oxygen atoms in total. The van der Waals surface area contributed by atoms with Crippen molar-refractivity contribution in [1.29, 1.82) is 0 Å². The molecule has 4 bridgehead atoms. The number of rotatable bonds is 13. The summed E-state index contributed by atoms with van der Waals surface area (Å²) in [4.78, 5) is 47.1. The van der Waals surface area contributed by atoms with E-state index in [-0.39, 0.29) is 34.5 Å². The first-order chi connectivity index (χ1) is 28.0. The van der Waals surface area contributed by atoms with Gasteiger partial charge < -0.3 is 37.3 Å². The van der Waals surface area contributed by atoms with Crippen LogP contribution in [-0.2, 0) is 37.3 Å². The van der Waals surface area contributed by atoms with E-state index >= 15 is 0 Å². The lowest BCUT2D eigenvalue weighted by Crippen LogP contribution is -2.54. The molecule has 10 atom stereocenters. The molecule has 0 aromatic carbocycles. The standard InChI is InChI=1S/C21H33N5O5Si.C19H32N2O6Si/c1-8-21-14(11-28-5)29-16(17(21)31-32(6,7)20(2,3)4)18(30-21)25-10-9-15(24-19(25)27)26-13-22-12-23-26;1-8-19-12(11-24-5)25-14(15(19)27-28(6,7)18(2,3)4)16(26-19)21-10-9-13(22)20-17(21)23/h9-10,12-14,16-18H,8,11H2,1-7H3;9-10,12,14-16H,8,11H2,1-7H3,(H,20,22,23)/t14-,16+,17-,18+,21-;12-,14+,15-,16+,19-/m00/s1. The number of hydrogen-bond acceptors (Lipinski definition) is 14. The number of fused-ring (bicyclic) bond motifs is 4. The van der Waals surface area contributed by atoms with Crippen LogP contribution in [0.4, 0.5) is 0 Å². The summed E-state index contributed by atoms with van der Waals surface area (Å²) in [6.45, 7) is 26.9. The first kappa shape index (κ1) is 46.3. The molecule has 4 fully saturated rings. The number of H-pyrrole nitrogens is 1. The van der Waals surface area contributed by atoms with E-state index in [1.54, 1.807) is 26.5 Å². The van der Waals surface area contributed by atoms with Crippen LogP contribution in [0.1, 0.15) is 80.7 Å². The van der Waals surface area contributed by atoms with Crippen LogP contribution in [0.3, 0.4) is 0 Å². The smallest absolute Gasteiger partial charge is 0.351 e. The van der Waals surface area contributed by atoms with Gasteiger partial charge in [0.15, 0.2) is 34.9 Å². The molecule has 1 N–H and O–H groups in total. The number of aromatic nitrogens is 7. The summed E-state index contributed by atoms with van der Waals surface area (Å²) >= 11 is 0. The summed E-state index contributed by atoms with van der Waals surface area (Å²) in [6.07, 6.45) is 3.96. The van der Waals surface area contributed by atoms with Crippen LogP contribution in [0.2, 0.25) is 36.3 Å². The molecule has 7 heterocycles. The van der Waals surface area contributed by atoms with Crippen molar-refractivity contribution >= 4 is 16.6 Å². The Morgan fingerprint density at radius 1 is 0.767 bits per heavy atom. The third-order valence-electron chi connectivity index (χ3n) is 13.6. The van der Waals surface area contributed by atoms with Crippen LogP contribution in [0.15, 0.2) is 51.6 Å². The topological polar surface area (TPSA) is 194 Å². The third kappa shape index (κ3) is 8.12. The number of ether oxygens (including phenoxy) is 6. The molecule has 60 heavy (non-hydrogen) atoms. The van der Waals surface area contributed by atoms with Gasteiger partial charge in [-0.05, 0) is 55.2 Å². The van der Waals surface area contributed by atoms with E-state index in [2.05, 4.69) is 94.7 Å². The lowest BCUT2D eigenvalue weighted by Gasteiger charge is -2.42. The Labute approximate surface area is 353 Å². The van der Waals surface area contributed by atoms with Crippen LogP contribution in [0.5, 0.6) is 0 Å². The summed E-state index contributed by atoms with van der Waals surface area (Å²) in [5.41, 5.74) is -2.82. The zero-order valence-corrected chi connectivity index (χ0v) is 39.6. The highest BCUT2D eigenvalue weighted by Gasteiger charge is 2.69. The number of nitrogens with zero attached hydrogens (tertiary/aromatic N) is 6. The Balaban J connectivity index is 0.000000203. The molecule has 4 aliphatic heterocycles. The quantitative estimate of drug-likeness (QED) is 0.239. The van der Waals surface area contributed by atoms with Gasteiger partial charge in [0.2, 0.25) is 0 Å². The van der Waals surface area contributed by atoms with E-state index in [0.29, 0.717) is 31.9 Å². The molecule has 7 rings (SSSR count). The fourth-order valence-electron chi connectivity index (χ4n) is 8.10. The van der Waals surface area contributed by atoms with Gasteiger partial charge in [-0.15, -0.1) is 0 Å². The van der Waals surface area contributed by atoms with E-state index in [0.717, 1.165) is 0 Å².